The molecule has 0 saturated carbocycles. The smallest absolute Gasteiger partial charge is 0.310 e. The third kappa shape index (κ3) is 5.02. The Morgan fingerprint density at radius 1 is 1.18 bits per heavy atom. The summed E-state index contributed by atoms with van der Waals surface area (Å²) in [6.07, 6.45) is 1.79. The van der Waals surface area contributed by atoms with Crippen LogP contribution in [0.4, 0.5) is 0 Å². The molecule has 0 aliphatic carbocycles. The highest BCUT2D eigenvalue weighted by atomic mass is 32.1. The molecular formula is C25H30N4O3S. The van der Waals surface area contributed by atoms with E-state index in [-0.39, 0.29) is 11.9 Å². The fourth-order valence-corrected chi connectivity index (χ4v) is 4.55. The molecule has 1 atom stereocenters. The molecule has 174 valence electrons. The molecule has 4 rings (SSSR count). The van der Waals surface area contributed by atoms with Gasteiger partial charge in [-0.25, -0.2) is 4.68 Å². The van der Waals surface area contributed by atoms with Crippen molar-refractivity contribution >= 4 is 18.2 Å². The van der Waals surface area contributed by atoms with Gasteiger partial charge in [-0.3, -0.25) is 14.3 Å². The van der Waals surface area contributed by atoms with E-state index in [1.165, 1.54) is 5.56 Å². The van der Waals surface area contributed by atoms with E-state index in [4.69, 9.17) is 26.8 Å². The van der Waals surface area contributed by atoms with Crippen LogP contribution in [-0.2, 0) is 16.2 Å². The Bertz CT molecular complexity index is 1170. The van der Waals surface area contributed by atoms with Gasteiger partial charge in [0, 0.05) is 12.2 Å². The van der Waals surface area contributed by atoms with Crippen LogP contribution in [0.25, 0.3) is 17.1 Å². The predicted molar refractivity (Wildman–Crippen MR) is 130 cm³/mol. The van der Waals surface area contributed by atoms with Crippen molar-refractivity contribution in [1.82, 2.24) is 19.2 Å². The number of aromatic nitrogens is 3. The number of carbonyl (C=O) groups is 1. The summed E-state index contributed by atoms with van der Waals surface area (Å²) in [6.45, 7) is 6.35. The first kappa shape index (κ1) is 23.2. The van der Waals surface area contributed by atoms with E-state index in [1.54, 1.807) is 7.11 Å². The van der Waals surface area contributed by atoms with E-state index in [2.05, 4.69) is 24.0 Å². The summed E-state index contributed by atoms with van der Waals surface area (Å²) in [7, 11) is 1.66. The van der Waals surface area contributed by atoms with E-state index in [0.717, 1.165) is 42.2 Å². The van der Waals surface area contributed by atoms with Crippen molar-refractivity contribution in [2.45, 2.75) is 33.4 Å². The number of nitrogens with zero attached hydrogens (tertiary/aromatic N) is 4. The molecule has 1 unspecified atom stereocenters. The SMILES string of the molecule is CCOC(=O)C1CCCN(Cn2nc(-c3ccccc3OC)n(-c3ccc(C)cc3)c2=S)C1. The fraction of sp³-hybridized carbons (Fsp3) is 0.400. The Hall–Kier alpha value is -2.97. The van der Waals surface area contributed by atoms with Gasteiger partial charge in [0.05, 0.1) is 31.9 Å². The normalized spacial score (nSPS) is 16.5. The molecular weight excluding hydrogens is 436 g/mol. The lowest BCUT2D eigenvalue weighted by molar-refractivity contribution is -0.150. The van der Waals surface area contributed by atoms with Crippen molar-refractivity contribution in [2.24, 2.45) is 5.92 Å². The second-order valence-electron chi connectivity index (χ2n) is 8.29. The van der Waals surface area contributed by atoms with Crippen molar-refractivity contribution in [3.8, 4) is 22.8 Å². The van der Waals surface area contributed by atoms with Gasteiger partial charge >= 0.3 is 5.97 Å². The van der Waals surface area contributed by atoms with E-state index >= 15 is 0 Å². The first-order valence-electron chi connectivity index (χ1n) is 11.3. The summed E-state index contributed by atoms with van der Waals surface area (Å²) in [6, 6.07) is 16.0. The molecule has 1 aromatic heterocycles. The standard InChI is InChI=1S/C25H30N4O3S/c1-4-32-24(30)19-8-7-15-27(16-19)17-28-25(33)29(20-13-11-18(2)12-14-20)23(26-28)21-9-5-6-10-22(21)31-3/h5-6,9-14,19H,4,7-8,15-17H2,1-3H3. The summed E-state index contributed by atoms with van der Waals surface area (Å²) in [5.41, 5.74) is 2.99. The molecule has 2 heterocycles. The lowest BCUT2D eigenvalue weighted by atomic mass is 9.99. The second-order valence-corrected chi connectivity index (χ2v) is 8.65. The molecule has 3 aromatic rings. The maximum atomic E-state index is 12.3. The van der Waals surface area contributed by atoms with Gasteiger partial charge in [-0.15, -0.1) is 5.10 Å². The number of aryl methyl sites for hydroxylation is 1. The maximum absolute atomic E-state index is 12.3. The molecule has 0 amide bonds. The highest BCUT2D eigenvalue weighted by Gasteiger charge is 2.28. The van der Waals surface area contributed by atoms with E-state index in [9.17, 15) is 4.79 Å². The summed E-state index contributed by atoms with van der Waals surface area (Å²) in [5.74, 6) is 1.23. The van der Waals surface area contributed by atoms with Gasteiger partial charge in [-0.2, -0.15) is 0 Å². The minimum Gasteiger partial charge on any atom is -0.496 e. The number of esters is 1. The Morgan fingerprint density at radius 3 is 2.67 bits per heavy atom. The van der Waals surface area contributed by atoms with Crippen molar-refractivity contribution in [3.63, 3.8) is 0 Å². The Morgan fingerprint density at radius 2 is 1.94 bits per heavy atom. The Labute approximate surface area is 199 Å². The quantitative estimate of drug-likeness (QED) is 0.374. The van der Waals surface area contributed by atoms with Crippen LogP contribution in [0.2, 0.25) is 0 Å². The second kappa shape index (κ2) is 10.3. The molecule has 33 heavy (non-hydrogen) atoms. The van der Waals surface area contributed by atoms with E-state index in [1.807, 2.05) is 52.6 Å². The average Bonchev–Trinajstić information content (AvgIpc) is 3.15. The van der Waals surface area contributed by atoms with Crippen LogP contribution < -0.4 is 4.74 Å². The number of para-hydroxylation sites is 1. The molecule has 7 nitrogen and oxygen atoms in total. The highest BCUT2D eigenvalue weighted by Crippen LogP contribution is 2.31. The number of ether oxygens (including phenoxy) is 2. The number of hydrogen-bond donors (Lipinski definition) is 0. The Kier molecular flexibility index (Phi) is 7.25. The zero-order chi connectivity index (χ0) is 23.4. The number of rotatable bonds is 7. The molecule has 1 fully saturated rings. The number of benzene rings is 2. The number of piperidine rings is 1. The van der Waals surface area contributed by atoms with Crippen LogP contribution in [-0.4, -0.2) is 52.0 Å². The monoisotopic (exact) mass is 466 g/mol. The molecule has 1 aliphatic heterocycles. The summed E-state index contributed by atoms with van der Waals surface area (Å²) < 4.78 is 15.3. The van der Waals surface area contributed by atoms with Crippen LogP contribution in [0.3, 0.4) is 0 Å². The topological polar surface area (TPSA) is 61.5 Å². The lowest BCUT2D eigenvalue weighted by Crippen LogP contribution is -2.40. The van der Waals surface area contributed by atoms with Gasteiger partial charge in [0.25, 0.3) is 0 Å². The molecule has 0 spiro atoms. The molecule has 0 bridgehead atoms. The van der Waals surface area contributed by atoms with Gasteiger partial charge in [0.2, 0.25) is 4.77 Å². The maximum Gasteiger partial charge on any atom is 0.310 e. The summed E-state index contributed by atoms with van der Waals surface area (Å²) in [5, 5.41) is 4.93. The number of hydrogen-bond acceptors (Lipinski definition) is 6. The van der Waals surface area contributed by atoms with Crippen molar-refractivity contribution < 1.29 is 14.3 Å². The van der Waals surface area contributed by atoms with E-state index < -0.39 is 0 Å². The molecule has 2 aromatic carbocycles. The third-order valence-electron chi connectivity index (χ3n) is 5.94. The van der Waals surface area contributed by atoms with Crippen LogP contribution in [0.15, 0.2) is 48.5 Å². The first-order valence-corrected chi connectivity index (χ1v) is 11.7. The molecule has 1 saturated heterocycles. The molecule has 0 radical (unpaired) electrons. The van der Waals surface area contributed by atoms with Crippen molar-refractivity contribution in [2.75, 3.05) is 26.8 Å². The number of likely N-dealkylation sites (tertiary alicyclic amines) is 1. The fourth-order valence-electron chi connectivity index (χ4n) is 4.26. The minimum absolute atomic E-state index is 0.110. The van der Waals surface area contributed by atoms with Gasteiger partial charge in [0.15, 0.2) is 5.82 Å². The minimum atomic E-state index is -0.120. The van der Waals surface area contributed by atoms with Crippen LogP contribution >= 0.6 is 12.2 Å². The summed E-state index contributed by atoms with van der Waals surface area (Å²) in [4.78, 5) is 14.5. The average molecular weight is 467 g/mol. The first-order chi connectivity index (χ1) is 16.0. The highest BCUT2D eigenvalue weighted by molar-refractivity contribution is 7.71. The summed E-state index contributed by atoms with van der Waals surface area (Å²) >= 11 is 5.90. The predicted octanol–water partition coefficient (Wildman–Crippen LogP) is 4.62. The Balaban J connectivity index is 1.72. The lowest BCUT2D eigenvalue weighted by Gasteiger charge is -2.31. The third-order valence-corrected chi connectivity index (χ3v) is 6.33. The molecule has 0 N–H and O–H groups in total. The number of carbonyl (C=O) groups excluding carboxylic acids is 1. The zero-order valence-electron chi connectivity index (χ0n) is 19.4. The largest absolute Gasteiger partial charge is 0.496 e. The van der Waals surface area contributed by atoms with Gasteiger partial charge in [0.1, 0.15) is 5.75 Å². The van der Waals surface area contributed by atoms with E-state index in [0.29, 0.717) is 24.6 Å². The van der Waals surface area contributed by atoms with Gasteiger partial charge < -0.3 is 9.47 Å². The van der Waals surface area contributed by atoms with Gasteiger partial charge in [-0.1, -0.05) is 29.8 Å². The zero-order valence-corrected chi connectivity index (χ0v) is 20.2. The van der Waals surface area contributed by atoms with Crippen molar-refractivity contribution in [1.29, 1.82) is 0 Å². The van der Waals surface area contributed by atoms with Crippen LogP contribution in [0, 0.1) is 17.6 Å². The molecule has 1 aliphatic rings. The van der Waals surface area contributed by atoms with Crippen LogP contribution in [0.1, 0.15) is 25.3 Å². The van der Waals surface area contributed by atoms with Crippen LogP contribution in [0.5, 0.6) is 5.75 Å². The number of methoxy groups -OCH3 is 1. The van der Waals surface area contributed by atoms with Crippen molar-refractivity contribution in [3.05, 3.63) is 58.9 Å². The van der Waals surface area contributed by atoms with Gasteiger partial charge in [-0.05, 0) is 69.7 Å². The molecule has 8 heteroatoms.